The molecule has 1 amide bonds. The highest BCUT2D eigenvalue weighted by Gasteiger charge is 2.22. The third-order valence-corrected chi connectivity index (χ3v) is 5.99. The van der Waals surface area contributed by atoms with Crippen LogP contribution < -0.4 is 5.32 Å². The molecular formula is C19H12Cl2N2OS2. The van der Waals surface area contributed by atoms with Gasteiger partial charge in [-0.1, -0.05) is 71.4 Å². The molecule has 0 saturated carbocycles. The van der Waals surface area contributed by atoms with E-state index < -0.39 is 0 Å². The number of fused-ring (bicyclic) bond motifs is 1. The number of hydrogen-bond acceptors (Lipinski definition) is 3. The second kappa shape index (κ2) is 7.08. The van der Waals surface area contributed by atoms with Gasteiger partial charge in [0.25, 0.3) is 5.91 Å². The summed E-state index contributed by atoms with van der Waals surface area (Å²) in [5.74, 6) is -0.152. The van der Waals surface area contributed by atoms with Crippen LogP contribution in [-0.4, -0.2) is 14.8 Å². The Morgan fingerprint density at radius 2 is 1.96 bits per heavy atom. The van der Waals surface area contributed by atoms with Gasteiger partial charge < -0.3 is 9.88 Å². The van der Waals surface area contributed by atoms with Gasteiger partial charge in [-0.25, -0.2) is 0 Å². The maximum atomic E-state index is 12.0. The summed E-state index contributed by atoms with van der Waals surface area (Å²) < 4.78 is 2.62. The van der Waals surface area contributed by atoms with Gasteiger partial charge in [-0.3, -0.25) is 4.79 Å². The van der Waals surface area contributed by atoms with E-state index in [4.69, 9.17) is 35.4 Å². The lowest BCUT2D eigenvalue weighted by atomic mass is 10.1. The number of nitrogens with one attached hydrogen (secondary N) is 1. The van der Waals surface area contributed by atoms with Crippen LogP contribution in [0.5, 0.6) is 0 Å². The lowest BCUT2D eigenvalue weighted by molar-refractivity contribution is -0.115. The summed E-state index contributed by atoms with van der Waals surface area (Å²) in [7, 11) is 0. The zero-order valence-electron chi connectivity index (χ0n) is 13.3. The second-order valence-electron chi connectivity index (χ2n) is 5.83. The van der Waals surface area contributed by atoms with Crippen molar-refractivity contribution in [2.24, 2.45) is 0 Å². The van der Waals surface area contributed by atoms with Crippen LogP contribution in [0, 0.1) is 0 Å². The molecule has 0 spiro atoms. The van der Waals surface area contributed by atoms with Crippen molar-refractivity contribution in [1.82, 2.24) is 9.88 Å². The van der Waals surface area contributed by atoms with E-state index in [-0.39, 0.29) is 5.91 Å². The molecule has 2 heterocycles. The minimum atomic E-state index is -0.152. The Kier molecular flexibility index (Phi) is 4.80. The third kappa shape index (κ3) is 3.40. The molecule has 0 atom stereocenters. The van der Waals surface area contributed by atoms with Gasteiger partial charge in [-0.2, -0.15) is 0 Å². The molecule has 0 radical (unpaired) electrons. The topological polar surface area (TPSA) is 34.0 Å². The first kappa shape index (κ1) is 17.6. The number of halogens is 2. The summed E-state index contributed by atoms with van der Waals surface area (Å²) in [4.78, 5) is 12.6. The van der Waals surface area contributed by atoms with E-state index in [0.717, 1.165) is 22.0 Å². The summed E-state index contributed by atoms with van der Waals surface area (Å²) in [5, 5.41) is 4.80. The molecule has 0 unspecified atom stereocenters. The van der Waals surface area contributed by atoms with Crippen LogP contribution in [0.25, 0.3) is 17.0 Å². The number of benzene rings is 2. The largest absolute Gasteiger partial charge is 0.342 e. The van der Waals surface area contributed by atoms with Crippen molar-refractivity contribution in [3.05, 3.63) is 74.7 Å². The lowest BCUT2D eigenvalue weighted by Crippen LogP contribution is -2.17. The highest BCUT2D eigenvalue weighted by molar-refractivity contribution is 8.26. The highest BCUT2D eigenvalue weighted by Crippen LogP contribution is 2.30. The van der Waals surface area contributed by atoms with Crippen molar-refractivity contribution < 1.29 is 4.79 Å². The van der Waals surface area contributed by atoms with Gasteiger partial charge in [-0.05, 0) is 29.8 Å². The Hall–Kier alpha value is -1.79. The van der Waals surface area contributed by atoms with E-state index in [1.807, 2.05) is 42.6 Å². The summed E-state index contributed by atoms with van der Waals surface area (Å²) in [6.07, 6.45) is 3.92. The lowest BCUT2D eigenvalue weighted by Gasteiger charge is -2.06. The molecule has 1 aromatic heterocycles. The summed E-state index contributed by atoms with van der Waals surface area (Å²) >= 11 is 18.5. The normalized spacial score (nSPS) is 15.8. The molecule has 130 valence electrons. The monoisotopic (exact) mass is 418 g/mol. The van der Waals surface area contributed by atoms with Gasteiger partial charge >= 0.3 is 0 Å². The van der Waals surface area contributed by atoms with Gasteiger partial charge in [0.15, 0.2) is 0 Å². The molecule has 1 saturated heterocycles. The minimum absolute atomic E-state index is 0.152. The van der Waals surface area contributed by atoms with E-state index in [2.05, 4.69) is 16.0 Å². The van der Waals surface area contributed by atoms with E-state index in [0.29, 0.717) is 25.8 Å². The molecular weight excluding hydrogens is 407 g/mol. The number of carbonyl (C=O) groups is 1. The number of nitrogens with zero attached hydrogens (tertiary/aromatic N) is 1. The van der Waals surface area contributed by atoms with E-state index in [1.165, 1.54) is 11.8 Å². The quantitative estimate of drug-likeness (QED) is 0.451. The second-order valence-corrected chi connectivity index (χ2v) is 8.36. The van der Waals surface area contributed by atoms with E-state index in [9.17, 15) is 4.79 Å². The fourth-order valence-corrected chi connectivity index (χ4v) is 4.27. The molecule has 1 N–H and O–H groups in total. The minimum Gasteiger partial charge on any atom is -0.342 e. The standard InChI is InChI=1S/C19H12Cl2N2OS2/c20-14-6-5-11(7-15(14)21)9-23-10-12(13-3-1-2-4-16(13)23)8-17-18(24)22-19(25)26-17/h1-8,10H,9H2,(H,22,24,25)/b17-8+. The number of thiocarbonyl (C=S) groups is 1. The SMILES string of the molecule is O=C1NC(=S)S/C1=C/c1cn(Cc2ccc(Cl)c(Cl)c2)c2ccccc12. The number of amides is 1. The molecule has 4 rings (SSSR count). The molecule has 26 heavy (non-hydrogen) atoms. The first-order valence-corrected chi connectivity index (χ1v) is 9.76. The maximum Gasteiger partial charge on any atom is 0.263 e. The summed E-state index contributed by atoms with van der Waals surface area (Å²) in [6, 6.07) is 13.7. The Labute approximate surface area is 170 Å². The van der Waals surface area contributed by atoms with Crippen molar-refractivity contribution in [3.8, 4) is 0 Å². The summed E-state index contributed by atoms with van der Waals surface area (Å²) in [6.45, 7) is 0.651. The van der Waals surface area contributed by atoms with Gasteiger partial charge in [0.2, 0.25) is 0 Å². The highest BCUT2D eigenvalue weighted by atomic mass is 35.5. The van der Waals surface area contributed by atoms with Crippen molar-refractivity contribution >= 4 is 74.4 Å². The predicted octanol–water partition coefficient (Wildman–Crippen LogP) is 5.49. The van der Waals surface area contributed by atoms with Crippen molar-refractivity contribution in [1.29, 1.82) is 0 Å². The van der Waals surface area contributed by atoms with Crippen LogP contribution in [0.15, 0.2) is 53.6 Å². The molecule has 7 heteroatoms. The van der Waals surface area contributed by atoms with Crippen LogP contribution in [-0.2, 0) is 11.3 Å². The Bertz CT molecular complexity index is 1090. The Morgan fingerprint density at radius 3 is 2.69 bits per heavy atom. The molecule has 1 aliphatic heterocycles. The average molecular weight is 419 g/mol. The first-order chi connectivity index (χ1) is 12.5. The summed E-state index contributed by atoms with van der Waals surface area (Å²) in [5.41, 5.74) is 3.10. The number of hydrogen-bond donors (Lipinski definition) is 1. The zero-order valence-corrected chi connectivity index (χ0v) is 16.5. The molecule has 1 fully saturated rings. The van der Waals surface area contributed by atoms with Gasteiger partial charge in [0.1, 0.15) is 4.32 Å². The smallest absolute Gasteiger partial charge is 0.263 e. The fourth-order valence-electron chi connectivity index (χ4n) is 2.92. The van der Waals surface area contributed by atoms with Crippen molar-refractivity contribution in [3.63, 3.8) is 0 Å². The molecule has 3 aromatic rings. The number of carbonyl (C=O) groups excluding carboxylic acids is 1. The van der Waals surface area contributed by atoms with Crippen LogP contribution in [0.1, 0.15) is 11.1 Å². The molecule has 0 bridgehead atoms. The number of aromatic nitrogens is 1. The van der Waals surface area contributed by atoms with Crippen molar-refractivity contribution in [2.45, 2.75) is 6.54 Å². The molecule has 3 nitrogen and oxygen atoms in total. The van der Waals surface area contributed by atoms with Gasteiger partial charge in [0.05, 0.1) is 15.0 Å². The Balaban J connectivity index is 1.77. The number of thioether (sulfide) groups is 1. The van der Waals surface area contributed by atoms with E-state index >= 15 is 0 Å². The third-order valence-electron chi connectivity index (χ3n) is 4.08. The average Bonchev–Trinajstić information content (AvgIpc) is 3.11. The molecule has 1 aliphatic rings. The van der Waals surface area contributed by atoms with Crippen molar-refractivity contribution in [2.75, 3.05) is 0 Å². The number of para-hydroxylation sites is 1. The van der Waals surface area contributed by atoms with Gasteiger partial charge in [-0.15, -0.1) is 0 Å². The van der Waals surface area contributed by atoms with Crippen LogP contribution in [0.3, 0.4) is 0 Å². The van der Waals surface area contributed by atoms with Gasteiger partial charge in [0, 0.05) is 29.2 Å². The number of rotatable bonds is 3. The van der Waals surface area contributed by atoms with Crippen LogP contribution >= 0.6 is 47.2 Å². The Morgan fingerprint density at radius 1 is 1.15 bits per heavy atom. The predicted molar refractivity (Wildman–Crippen MR) is 114 cm³/mol. The molecule has 2 aromatic carbocycles. The fraction of sp³-hybridized carbons (Fsp3) is 0.0526. The first-order valence-electron chi connectivity index (χ1n) is 7.78. The maximum absolute atomic E-state index is 12.0. The molecule has 0 aliphatic carbocycles. The zero-order chi connectivity index (χ0) is 18.3. The van der Waals surface area contributed by atoms with Crippen LogP contribution in [0.4, 0.5) is 0 Å². The van der Waals surface area contributed by atoms with Crippen LogP contribution in [0.2, 0.25) is 10.0 Å². The van der Waals surface area contributed by atoms with E-state index in [1.54, 1.807) is 6.07 Å².